The average molecular weight is 223 g/mol. The van der Waals surface area contributed by atoms with Crippen LogP contribution in [0.25, 0.3) is 0 Å². The highest BCUT2D eigenvalue weighted by Gasteiger charge is 2.24. The van der Waals surface area contributed by atoms with Gasteiger partial charge in [0, 0.05) is 25.7 Å². The predicted octanol–water partition coefficient (Wildman–Crippen LogP) is 0.435. The minimum absolute atomic E-state index is 0.368. The first-order valence-electron chi connectivity index (χ1n) is 5.92. The summed E-state index contributed by atoms with van der Waals surface area (Å²) < 4.78 is 2.06. The molecule has 1 saturated heterocycles. The van der Waals surface area contributed by atoms with Gasteiger partial charge in [0.25, 0.3) is 0 Å². The van der Waals surface area contributed by atoms with Gasteiger partial charge in [0.15, 0.2) is 0 Å². The molecule has 1 aromatic heterocycles. The van der Waals surface area contributed by atoms with E-state index in [0.717, 1.165) is 37.6 Å². The second-order valence-electron chi connectivity index (χ2n) is 4.83. The van der Waals surface area contributed by atoms with Gasteiger partial charge >= 0.3 is 0 Å². The highest BCUT2D eigenvalue weighted by Crippen LogP contribution is 2.17. The molecule has 5 nitrogen and oxygen atoms in total. The molecular formula is C11H21N5. The van der Waals surface area contributed by atoms with Crippen molar-refractivity contribution in [3.8, 4) is 0 Å². The summed E-state index contributed by atoms with van der Waals surface area (Å²) in [4.78, 5) is 2.44. The topological polar surface area (TPSA) is 60.0 Å². The van der Waals surface area contributed by atoms with E-state index in [-0.39, 0.29) is 0 Å². The normalized spacial score (nSPS) is 27.2. The summed E-state index contributed by atoms with van der Waals surface area (Å²) in [5, 5.41) is 8.29. The van der Waals surface area contributed by atoms with Crippen LogP contribution in [0.3, 0.4) is 0 Å². The Kier molecular flexibility index (Phi) is 3.25. The Hall–Kier alpha value is -0.940. The number of likely N-dealkylation sites (tertiary alicyclic amines) is 1. The molecule has 2 rings (SSSR count). The summed E-state index contributed by atoms with van der Waals surface area (Å²) >= 11 is 0. The molecule has 0 aromatic carbocycles. The molecule has 2 atom stereocenters. The molecule has 1 aliphatic rings. The zero-order chi connectivity index (χ0) is 11.7. The van der Waals surface area contributed by atoms with Crippen LogP contribution >= 0.6 is 0 Å². The van der Waals surface area contributed by atoms with Crippen molar-refractivity contribution >= 4 is 0 Å². The molecule has 2 unspecified atom stereocenters. The predicted molar refractivity (Wildman–Crippen MR) is 62.8 cm³/mol. The number of rotatable bonds is 2. The van der Waals surface area contributed by atoms with Gasteiger partial charge in [-0.2, -0.15) is 0 Å². The smallest absolute Gasteiger partial charge is 0.146 e. The third kappa shape index (κ3) is 2.25. The maximum absolute atomic E-state index is 5.95. The number of piperidine rings is 1. The Bertz CT molecular complexity index is 359. The molecule has 0 aliphatic carbocycles. The minimum Gasteiger partial charge on any atom is -0.328 e. The molecule has 0 spiro atoms. The van der Waals surface area contributed by atoms with E-state index in [1.807, 2.05) is 14.0 Å². The molecule has 0 bridgehead atoms. The molecule has 5 heteroatoms. The van der Waals surface area contributed by atoms with Gasteiger partial charge in [0.2, 0.25) is 0 Å². The monoisotopic (exact) mass is 223 g/mol. The van der Waals surface area contributed by atoms with Crippen molar-refractivity contribution in [1.29, 1.82) is 0 Å². The zero-order valence-electron chi connectivity index (χ0n) is 10.3. The van der Waals surface area contributed by atoms with E-state index in [0.29, 0.717) is 12.1 Å². The van der Waals surface area contributed by atoms with Crippen molar-refractivity contribution in [3.05, 3.63) is 11.6 Å². The van der Waals surface area contributed by atoms with Crippen molar-refractivity contribution in [2.45, 2.75) is 45.3 Å². The van der Waals surface area contributed by atoms with Gasteiger partial charge in [-0.3, -0.25) is 4.90 Å². The van der Waals surface area contributed by atoms with Gasteiger partial charge in [-0.15, -0.1) is 10.2 Å². The van der Waals surface area contributed by atoms with Crippen LogP contribution in [-0.4, -0.2) is 38.3 Å². The fraction of sp³-hybridized carbons (Fsp3) is 0.818. The summed E-state index contributed by atoms with van der Waals surface area (Å²) in [5.41, 5.74) is 5.95. The van der Waals surface area contributed by atoms with Gasteiger partial charge in [-0.25, -0.2) is 0 Å². The van der Waals surface area contributed by atoms with Crippen molar-refractivity contribution < 1.29 is 0 Å². The van der Waals surface area contributed by atoms with Crippen LogP contribution in [0.5, 0.6) is 0 Å². The summed E-state index contributed by atoms with van der Waals surface area (Å²) in [6, 6.07) is 0.910. The summed E-state index contributed by atoms with van der Waals surface area (Å²) in [6.07, 6.45) is 2.16. The van der Waals surface area contributed by atoms with Crippen molar-refractivity contribution in [2.75, 3.05) is 6.54 Å². The first-order valence-corrected chi connectivity index (χ1v) is 5.92. The van der Waals surface area contributed by atoms with E-state index in [4.69, 9.17) is 5.73 Å². The lowest BCUT2D eigenvalue weighted by molar-refractivity contribution is 0.135. The van der Waals surface area contributed by atoms with Crippen LogP contribution in [-0.2, 0) is 13.6 Å². The van der Waals surface area contributed by atoms with E-state index in [2.05, 4.69) is 26.6 Å². The molecule has 0 saturated carbocycles. The van der Waals surface area contributed by atoms with Crippen LogP contribution in [0.2, 0.25) is 0 Å². The van der Waals surface area contributed by atoms with E-state index in [1.165, 1.54) is 0 Å². The molecule has 0 amide bonds. The van der Waals surface area contributed by atoms with Crippen molar-refractivity contribution in [1.82, 2.24) is 19.7 Å². The van der Waals surface area contributed by atoms with E-state index < -0.39 is 0 Å². The highest BCUT2D eigenvalue weighted by molar-refractivity contribution is 4.94. The zero-order valence-corrected chi connectivity index (χ0v) is 10.3. The summed E-state index contributed by atoms with van der Waals surface area (Å²) in [6.45, 7) is 6.16. The van der Waals surface area contributed by atoms with Crippen LogP contribution in [0.15, 0.2) is 0 Å². The van der Waals surface area contributed by atoms with Crippen LogP contribution in [0.1, 0.15) is 31.4 Å². The largest absolute Gasteiger partial charge is 0.328 e. The molecule has 1 aromatic rings. The lowest BCUT2D eigenvalue weighted by atomic mass is 9.99. The number of hydrogen-bond acceptors (Lipinski definition) is 4. The molecule has 90 valence electrons. The van der Waals surface area contributed by atoms with Gasteiger partial charge in [0.1, 0.15) is 11.6 Å². The molecular weight excluding hydrogens is 202 g/mol. The number of nitrogens with zero attached hydrogens (tertiary/aromatic N) is 4. The second-order valence-corrected chi connectivity index (χ2v) is 4.83. The molecule has 0 radical (unpaired) electrons. The number of aryl methyl sites for hydroxylation is 1. The first kappa shape index (κ1) is 11.5. The number of hydrogen-bond donors (Lipinski definition) is 1. The van der Waals surface area contributed by atoms with Gasteiger partial charge in [-0.1, -0.05) is 0 Å². The molecule has 16 heavy (non-hydrogen) atoms. The number of aromatic nitrogens is 3. The third-order valence-electron chi connectivity index (χ3n) is 3.58. The Morgan fingerprint density at radius 3 is 2.75 bits per heavy atom. The average Bonchev–Trinajstić information content (AvgIpc) is 2.54. The fourth-order valence-corrected chi connectivity index (χ4v) is 2.26. The Labute approximate surface area is 96.6 Å². The van der Waals surface area contributed by atoms with Crippen molar-refractivity contribution in [3.63, 3.8) is 0 Å². The molecule has 1 aliphatic heterocycles. The third-order valence-corrected chi connectivity index (χ3v) is 3.58. The summed E-state index contributed by atoms with van der Waals surface area (Å²) in [5.74, 6) is 2.01. The SMILES string of the molecule is Cc1nnc(CN2CCC(N)CC2C)n1C. The lowest BCUT2D eigenvalue weighted by Crippen LogP contribution is -2.45. The molecule has 1 fully saturated rings. The molecule has 2 heterocycles. The first-order chi connectivity index (χ1) is 7.58. The second kappa shape index (κ2) is 4.51. The quantitative estimate of drug-likeness (QED) is 0.790. The maximum atomic E-state index is 5.95. The summed E-state index contributed by atoms with van der Waals surface area (Å²) in [7, 11) is 2.02. The highest BCUT2D eigenvalue weighted by atomic mass is 15.3. The van der Waals surface area contributed by atoms with Gasteiger partial charge in [0.05, 0.1) is 6.54 Å². The Balaban J connectivity index is 2.02. The number of nitrogens with two attached hydrogens (primary N) is 1. The van der Waals surface area contributed by atoms with Gasteiger partial charge in [-0.05, 0) is 26.7 Å². The van der Waals surface area contributed by atoms with Crippen LogP contribution < -0.4 is 5.73 Å². The van der Waals surface area contributed by atoms with E-state index in [9.17, 15) is 0 Å². The fourth-order valence-electron chi connectivity index (χ4n) is 2.26. The van der Waals surface area contributed by atoms with Crippen LogP contribution in [0.4, 0.5) is 0 Å². The Morgan fingerprint density at radius 2 is 2.19 bits per heavy atom. The van der Waals surface area contributed by atoms with Crippen LogP contribution in [0, 0.1) is 6.92 Å². The molecule has 2 N–H and O–H groups in total. The van der Waals surface area contributed by atoms with Crippen molar-refractivity contribution in [2.24, 2.45) is 12.8 Å². The maximum Gasteiger partial charge on any atom is 0.146 e. The van der Waals surface area contributed by atoms with E-state index >= 15 is 0 Å². The minimum atomic E-state index is 0.368. The lowest BCUT2D eigenvalue weighted by Gasteiger charge is -2.35. The standard InChI is InChI=1S/C11H21N5/c1-8-6-10(12)4-5-16(8)7-11-14-13-9(2)15(11)3/h8,10H,4-7,12H2,1-3H3. The Morgan fingerprint density at radius 1 is 1.44 bits per heavy atom. The van der Waals surface area contributed by atoms with E-state index in [1.54, 1.807) is 0 Å². The van der Waals surface area contributed by atoms with Gasteiger partial charge < -0.3 is 10.3 Å².